The number of rotatable bonds is 41. The minimum absolute atomic E-state index is 1.19. The third-order valence-electron chi connectivity index (χ3n) is 11.5. The fourth-order valence-corrected chi connectivity index (χ4v) is 8.07. The zero-order valence-corrected chi connectivity index (χ0v) is 36.5. The number of nitrogens with zero attached hydrogens (tertiary/aromatic N) is 1. The largest absolute Gasteiger partial charge is 0.320 e. The fraction of sp³-hybridized carbons (Fsp3) is 0.769. The molecule has 1 aromatic rings. The first-order valence-electron chi connectivity index (χ1n) is 24.1. The molecule has 0 saturated heterocycles. The van der Waals surface area contributed by atoms with Gasteiger partial charge in [-0.15, -0.1) is 0 Å². The lowest BCUT2D eigenvalue weighted by molar-refractivity contribution is -0.941. The minimum atomic E-state index is 1.19. The second kappa shape index (κ2) is 40.1. The lowest BCUT2D eigenvalue weighted by atomic mass is 10.1. The van der Waals surface area contributed by atoms with E-state index in [-0.39, 0.29) is 0 Å². The summed E-state index contributed by atoms with van der Waals surface area (Å²) in [7, 11) is 0. The van der Waals surface area contributed by atoms with Crippen LogP contribution in [0, 0.1) is 0 Å². The average molecular weight is 733 g/mol. The summed E-state index contributed by atoms with van der Waals surface area (Å²) in [4.78, 5) is 0. The highest BCUT2D eigenvalue weighted by atomic mass is 15.3. The molecule has 0 spiro atoms. The van der Waals surface area contributed by atoms with Gasteiger partial charge >= 0.3 is 0 Å². The summed E-state index contributed by atoms with van der Waals surface area (Å²) in [5, 5.41) is 0. The Kier molecular flexibility index (Phi) is 37.4. The zero-order chi connectivity index (χ0) is 38.0. The smallest absolute Gasteiger partial charge is 0.104 e. The third-order valence-corrected chi connectivity index (χ3v) is 11.5. The Morgan fingerprint density at radius 3 is 0.887 bits per heavy atom. The van der Waals surface area contributed by atoms with Gasteiger partial charge in [-0.25, -0.2) is 0 Å². The van der Waals surface area contributed by atoms with Crippen LogP contribution in [0.5, 0.6) is 0 Å². The molecule has 0 saturated carbocycles. The van der Waals surface area contributed by atoms with Gasteiger partial charge in [0.15, 0.2) is 0 Å². The predicted molar refractivity (Wildman–Crippen MR) is 242 cm³/mol. The van der Waals surface area contributed by atoms with Gasteiger partial charge in [-0.3, -0.25) is 0 Å². The van der Waals surface area contributed by atoms with Crippen LogP contribution in [-0.2, 0) is 6.54 Å². The molecule has 0 radical (unpaired) electrons. The monoisotopic (exact) mass is 733 g/mol. The van der Waals surface area contributed by atoms with Gasteiger partial charge in [0.2, 0.25) is 0 Å². The van der Waals surface area contributed by atoms with Crippen molar-refractivity contribution >= 4 is 0 Å². The highest BCUT2D eigenvalue weighted by molar-refractivity contribution is 5.13. The Labute approximate surface area is 334 Å². The zero-order valence-electron chi connectivity index (χ0n) is 36.5. The summed E-state index contributed by atoms with van der Waals surface area (Å²) < 4.78 is 1.26. The molecule has 306 valence electrons. The third kappa shape index (κ3) is 33.5. The fourth-order valence-electron chi connectivity index (χ4n) is 8.07. The number of hydrogen-bond acceptors (Lipinski definition) is 0. The van der Waals surface area contributed by atoms with E-state index in [1.807, 2.05) is 0 Å². The van der Waals surface area contributed by atoms with Gasteiger partial charge in [0.05, 0.1) is 19.6 Å². The molecule has 0 unspecified atom stereocenters. The topological polar surface area (TPSA) is 0 Å². The first kappa shape index (κ1) is 49.4. The summed E-state index contributed by atoms with van der Waals surface area (Å²) in [5.41, 5.74) is 1.52. The van der Waals surface area contributed by atoms with Crippen molar-refractivity contribution in [2.75, 3.05) is 19.6 Å². The van der Waals surface area contributed by atoms with Crippen LogP contribution in [0.3, 0.4) is 0 Å². The molecular weight excluding hydrogens is 639 g/mol. The van der Waals surface area contributed by atoms with Crippen molar-refractivity contribution in [1.29, 1.82) is 0 Å². The predicted octanol–water partition coefficient (Wildman–Crippen LogP) is 17.6. The highest BCUT2D eigenvalue weighted by Crippen LogP contribution is 2.21. The maximum Gasteiger partial charge on any atom is 0.104 e. The summed E-state index contributed by atoms with van der Waals surface area (Å²) >= 11 is 0. The van der Waals surface area contributed by atoms with E-state index in [4.69, 9.17) is 0 Å². The molecule has 0 atom stereocenters. The van der Waals surface area contributed by atoms with Gasteiger partial charge in [0, 0.05) is 24.8 Å². The van der Waals surface area contributed by atoms with E-state index in [9.17, 15) is 0 Å². The molecule has 0 aliphatic rings. The number of allylic oxidation sites excluding steroid dienone is 6. The maximum absolute atomic E-state index is 2.51. The van der Waals surface area contributed by atoms with E-state index in [1.54, 1.807) is 0 Å². The van der Waals surface area contributed by atoms with E-state index in [0.29, 0.717) is 0 Å². The highest BCUT2D eigenvalue weighted by Gasteiger charge is 2.26. The van der Waals surface area contributed by atoms with Gasteiger partial charge < -0.3 is 4.48 Å². The molecule has 53 heavy (non-hydrogen) atoms. The molecule has 1 aromatic carbocycles. The Morgan fingerprint density at radius 1 is 0.321 bits per heavy atom. The lowest BCUT2D eigenvalue weighted by Gasteiger charge is -2.39. The van der Waals surface area contributed by atoms with Gasteiger partial charge in [0.25, 0.3) is 0 Å². The van der Waals surface area contributed by atoms with Gasteiger partial charge in [-0.05, 0) is 57.8 Å². The van der Waals surface area contributed by atoms with Crippen LogP contribution in [0.4, 0.5) is 0 Å². The number of hydrogen-bond donors (Lipinski definition) is 0. The second-order valence-corrected chi connectivity index (χ2v) is 16.8. The molecule has 1 nitrogen and oxygen atoms in total. The van der Waals surface area contributed by atoms with Crippen molar-refractivity contribution < 1.29 is 4.48 Å². The summed E-state index contributed by atoms with van der Waals surface area (Å²) in [5.74, 6) is 0. The molecule has 0 amide bonds. The molecule has 0 aliphatic carbocycles. The molecule has 0 heterocycles. The maximum atomic E-state index is 2.51. The van der Waals surface area contributed by atoms with Gasteiger partial charge in [-0.2, -0.15) is 0 Å². The summed E-state index contributed by atoms with van der Waals surface area (Å²) in [6, 6.07) is 11.4. The molecule has 0 fully saturated rings. The van der Waals surface area contributed by atoms with Crippen LogP contribution < -0.4 is 0 Å². The Morgan fingerprint density at radius 2 is 0.585 bits per heavy atom. The Bertz CT molecular complexity index is 837. The molecular formula is C52H94N+. The minimum Gasteiger partial charge on any atom is -0.320 e. The number of benzene rings is 1. The van der Waals surface area contributed by atoms with Crippen LogP contribution in [-0.4, -0.2) is 24.1 Å². The molecule has 1 rings (SSSR count). The van der Waals surface area contributed by atoms with Crippen molar-refractivity contribution in [3.63, 3.8) is 0 Å². The van der Waals surface area contributed by atoms with Crippen molar-refractivity contribution in [3.8, 4) is 0 Å². The number of unbranched alkanes of at least 4 members (excludes halogenated alkanes) is 27. The van der Waals surface area contributed by atoms with Crippen LogP contribution >= 0.6 is 0 Å². The Hall–Kier alpha value is -1.60. The van der Waals surface area contributed by atoms with E-state index >= 15 is 0 Å². The summed E-state index contributed by atoms with van der Waals surface area (Å²) in [6.45, 7) is 12.0. The number of quaternary nitrogens is 1. The first-order chi connectivity index (χ1) is 26.3. The molecule has 1 heteroatoms. The first-order valence-corrected chi connectivity index (χ1v) is 24.1. The normalized spacial score (nSPS) is 12.4. The van der Waals surface area contributed by atoms with Crippen molar-refractivity contribution in [2.45, 2.75) is 239 Å². The van der Waals surface area contributed by atoms with Gasteiger partial charge in [-0.1, -0.05) is 222 Å². The summed E-state index contributed by atoms with van der Waals surface area (Å²) in [6.07, 6.45) is 60.4. The molecule has 0 aliphatic heterocycles. The Balaban J connectivity index is 2.62. The van der Waals surface area contributed by atoms with Crippen LogP contribution in [0.1, 0.15) is 238 Å². The van der Waals surface area contributed by atoms with Crippen molar-refractivity contribution in [1.82, 2.24) is 0 Å². The molecule has 0 aromatic heterocycles. The standard InChI is InChI=1S/C52H94N/c1-4-7-10-13-16-19-22-25-28-31-34-37-43-48-53(51-52-46-41-40-42-47-52,49-44-38-35-32-29-26-23-20-17-14-11-8-5-2)50-45-39-36-33-30-27-24-21-18-15-12-9-6-3/h31-36,40-42,46-47H,4-30,37-39,43-45,48-51H2,1-3H3/q+1/b34-31+,35-32+,36-33+. The van der Waals surface area contributed by atoms with Crippen LogP contribution in [0.2, 0.25) is 0 Å². The average Bonchev–Trinajstić information content (AvgIpc) is 3.17. The van der Waals surface area contributed by atoms with Crippen LogP contribution in [0.15, 0.2) is 66.8 Å². The SMILES string of the molecule is CCCCCCCCCC/C=C/CCC[N+](CCC/C=C/CCCCCCCCCC)(CCC/C=C/CCCCCCCCCC)Cc1ccccc1. The second-order valence-electron chi connectivity index (χ2n) is 16.8. The quantitative estimate of drug-likeness (QED) is 0.0357. The van der Waals surface area contributed by atoms with E-state index in [2.05, 4.69) is 87.6 Å². The van der Waals surface area contributed by atoms with Crippen molar-refractivity contribution in [2.24, 2.45) is 0 Å². The van der Waals surface area contributed by atoms with E-state index in [1.165, 1.54) is 248 Å². The van der Waals surface area contributed by atoms with E-state index < -0.39 is 0 Å². The van der Waals surface area contributed by atoms with Crippen LogP contribution in [0.25, 0.3) is 0 Å². The lowest BCUT2D eigenvalue weighted by Crippen LogP contribution is -2.49. The van der Waals surface area contributed by atoms with Crippen molar-refractivity contribution in [3.05, 3.63) is 72.4 Å². The van der Waals surface area contributed by atoms with E-state index in [0.717, 1.165) is 0 Å². The van der Waals surface area contributed by atoms with Gasteiger partial charge in [0.1, 0.15) is 6.54 Å². The molecule has 0 bridgehead atoms. The molecule has 0 N–H and O–H groups in total.